The molecule has 0 aliphatic carbocycles. The van der Waals surface area contributed by atoms with Crippen molar-refractivity contribution in [1.82, 2.24) is 0 Å². The maximum Gasteiger partial charge on any atom is 0.261 e. The van der Waals surface area contributed by atoms with Gasteiger partial charge < -0.3 is 28.4 Å². The minimum Gasteiger partial charge on any atom is -0.497 e. The smallest absolute Gasteiger partial charge is 0.261 e. The molecule has 4 rings (SSSR count). The number of hydrogen-bond acceptors (Lipinski definition) is 5. The first-order valence-electron chi connectivity index (χ1n) is 10.3. The van der Waals surface area contributed by atoms with Gasteiger partial charge in [0.25, 0.3) is 5.78 Å². The monoisotopic (exact) mass is 402 g/mol. The van der Waals surface area contributed by atoms with Gasteiger partial charge in [-0.1, -0.05) is 0 Å². The summed E-state index contributed by atoms with van der Waals surface area (Å²) in [6.07, 6.45) is 1.57. The zero-order valence-corrected chi connectivity index (χ0v) is 16.9. The van der Waals surface area contributed by atoms with Gasteiger partial charge in [-0.15, -0.1) is 0 Å². The Morgan fingerprint density at radius 3 is 2.10 bits per heavy atom. The van der Waals surface area contributed by atoms with Crippen molar-refractivity contribution >= 4 is 5.78 Å². The van der Waals surface area contributed by atoms with Gasteiger partial charge in [0.1, 0.15) is 31.9 Å². The van der Waals surface area contributed by atoms with Crippen LogP contribution in [0.25, 0.3) is 0 Å². The Labute approximate surface area is 171 Å². The number of furan rings is 1. The van der Waals surface area contributed by atoms with Crippen molar-refractivity contribution in [2.75, 3.05) is 59.7 Å². The molecule has 2 fully saturated rings. The predicted octanol–water partition coefficient (Wildman–Crippen LogP) is -0.589. The Hall–Kier alpha value is -2.19. The number of quaternary nitrogens is 2. The highest BCUT2D eigenvalue weighted by molar-refractivity contribution is 5.97. The van der Waals surface area contributed by atoms with E-state index in [4.69, 9.17) is 18.6 Å². The fraction of sp³-hybridized carbons (Fsp3) is 0.500. The lowest BCUT2D eigenvalue weighted by Crippen LogP contribution is -3.25. The number of benzene rings is 1. The molecule has 0 bridgehead atoms. The number of ether oxygens (including phenoxy) is 3. The molecule has 7 heteroatoms. The summed E-state index contributed by atoms with van der Waals surface area (Å²) in [7, 11) is 1.67. The lowest BCUT2D eigenvalue weighted by atomic mass is 9.91. The van der Waals surface area contributed by atoms with Crippen LogP contribution in [0.1, 0.15) is 22.2 Å². The molecule has 0 radical (unpaired) electrons. The molecule has 2 atom stereocenters. The molecule has 0 unspecified atom stereocenters. The molecular formula is C22H30N2O5+2. The van der Waals surface area contributed by atoms with Crippen molar-refractivity contribution in [2.45, 2.75) is 12.1 Å². The molecule has 1 aromatic heterocycles. The van der Waals surface area contributed by atoms with Crippen LogP contribution < -0.4 is 14.5 Å². The number of Topliss-reactive ketones (excluding diaryl/α,β-unsaturated/α-hetero) is 1. The van der Waals surface area contributed by atoms with E-state index in [0.29, 0.717) is 32.2 Å². The van der Waals surface area contributed by atoms with Crippen molar-refractivity contribution < 1.29 is 33.2 Å². The summed E-state index contributed by atoms with van der Waals surface area (Å²) >= 11 is 0. The summed E-state index contributed by atoms with van der Waals surface area (Å²) in [5.41, 5.74) is 1.14. The van der Waals surface area contributed by atoms with E-state index >= 15 is 0 Å². The highest BCUT2D eigenvalue weighted by Crippen LogP contribution is 2.20. The van der Waals surface area contributed by atoms with Gasteiger partial charge in [0.2, 0.25) is 6.04 Å². The van der Waals surface area contributed by atoms with Gasteiger partial charge in [0.05, 0.1) is 39.8 Å². The van der Waals surface area contributed by atoms with Crippen LogP contribution in [0.3, 0.4) is 0 Å². The zero-order valence-electron chi connectivity index (χ0n) is 16.9. The Balaban J connectivity index is 1.74. The van der Waals surface area contributed by atoms with E-state index in [-0.39, 0.29) is 17.9 Å². The van der Waals surface area contributed by atoms with E-state index in [2.05, 4.69) is 12.1 Å². The molecule has 1 aromatic carbocycles. The molecular weight excluding hydrogens is 372 g/mol. The summed E-state index contributed by atoms with van der Waals surface area (Å²) < 4.78 is 22.1. The number of morpholine rings is 2. The highest BCUT2D eigenvalue weighted by Gasteiger charge is 2.46. The number of carbonyl (C=O) groups is 1. The van der Waals surface area contributed by atoms with Crippen molar-refractivity contribution in [3.8, 4) is 5.75 Å². The Morgan fingerprint density at radius 2 is 1.55 bits per heavy atom. The minimum atomic E-state index is -0.244. The van der Waals surface area contributed by atoms with Crippen LogP contribution in [0.2, 0.25) is 0 Å². The summed E-state index contributed by atoms with van der Waals surface area (Å²) in [5, 5.41) is 0. The Kier molecular flexibility index (Phi) is 6.61. The van der Waals surface area contributed by atoms with Crippen molar-refractivity contribution in [2.24, 2.45) is 0 Å². The second-order valence-electron chi connectivity index (χ2n) is 7.61. The Bertz CT molecular complexity index is 765. The van der Waals surface area contributed by atoms with Gasteiger partial charge in [0, 0.05) is 5.56 Å². The third kappa shape index (κ3) is 4.53. The molecule has 156 valence electrons. The SMILES string of the molecule is COc1ccc([C@H]([C@@H](C(=O)c2ccco2)[NH+]2CCOCC2)[NH+]2CCOCC2)cc1. The van der Waals surface area contributed by atoms with Gasteiger partial charge in [-0.3, -0.25) is 4.79 Å². The largest absolute Gasteiger partial charge is 0.497 e. The first kappa shape index (κ1) is 20.1. The summed E-state index contributed by atoms with van der Waals surface area (Å²) in [6.45, 7) is 6.15. The van der Waals surface area contributed by atoms with Crippen molar-refractivity contribution in [3.05, 3.63) is 54.0 Å². The van der Waals surface area contributed by atoms with Crippen molar-refractivity contribution in [1.29, 1.82) is 0 Å². The molecule has 0 amide bonds. The zero-order chi connectivity index (χ0) is 20.1. The predicted molar refractivity (Wildman–Crippen MR) is 106 cm³/mol. The lowest BCUT2D eigenvalue weighted by Gasteiger charge is -2.39. The fourth-order valence-electron chi connectivity index (χ4n) is 4.51. The topological polar surface area (TPSA) is 66.8 Å². The maximum absolute atomic E-state index is 13.7. The van der Waals surface area contributed by atoms with Gasteiger partial charge in [0.15, 0.2) is 11.8 Å². The van der Waals surface area contributed by atoms with Crippen molar-refractivity contribution in [3.63, 3.8) is 0 Å². The summed E-state index contributed by atoms with van der Waals surface area (Å²) in [4.78, 5) is 16.3. The molecule has 3 heterocycles. The molecule has 29 heavy (non-hydrogen) atoms. The number of methoxy groups -OCH3 is 1. The van der Waals surface area contributed by atoms with E-state index in [1.165, 1.54) is 9.80 Å². The third-order valence-corrected chi connectivity index (χ3v) is 6.00. The van der Waals surface area contributed by atoms with E-state index in [1.807, 2.05) is 12.1 Å². The standard InChI is InChI=1S/C22H28N2O5/c1-26-18-6-4-17(5-7-18)20(23-8-13-27-14-9-23)21(24-10-15-28-16-11-24)22(25)19-3-2-12-29-19/h2-7,12,20-21H,8-11,13-16H2,1H3/p+2/t20-,21+/m1/s1. The van der Waals surface area contributed by atoms with Crippen LogP contribution in [-0.4, -0.2) is 71.5 Å². The number of nitrogens with one attached hydrogen (secondary N) is 2. The Morgan fingerprint density at radius 1 is 0.931 bits per heavy atom. The van der Waals surface area contributed by atoms with Gasteiger partial charge in [-0.2, -0.15) is 0 Å². The number of ketones is 1. The van der Waals surface area contributed by atoms with Crippen LogP contribution in [-0.2, 0) is 9.47 Å². The molecule has 2 aromatic rings. The average Bonchev–Trinajstić information content (AvgIpc) is 3.33. The first-order chi connectivity index (χ1) is 14.3. The molecule has 7 nitrogen and oxygen atoms in total. The third-order valence-electron chi connectivity index (χ3n) is 6.00. The van der Waals surface area contributed by atoms with Crippen LogP contribution in [0.5, 0.6) is 5.75 Å². The summed E-state index contributed by atoms with van der Waals surface area (Å²) in [6, 6.07) is 11.5. The molecule has 0 spiro atoms. The average molecular weight is 402 g/mol. The summed E-state index contributed by atoms with van der Waals surface area (Å²) in [5.74, 6) is 1.31. The van der Waals surface area contributed by atoms with Crippen LogP contribution in [0.15, 0.2) is 47.1 Å². The van der Waals surface area contributed by atoms with Gasteiger partial charge in [-0.05, 0) is 36.4 Å². The fourth-order valence-corrected chi connectivity index (χ4v) is 4.51. The number of carbonyl (C=O) groups excluding carboxylic acids is 1. The highest BCUT2D eigenvalue weighted by atomic mass is 16.5. The van der Waals surface area contributed by atoms with Crippen LogP contribution in [0, 0.1) is 0 Å². The second kappa shape index (κ2) is 9.54. The number of rotatable bonds is 7. The normalized spacial score (nSPS) is 20.9. The van der Waals surface area contributed by atoms with E-state index in [1.54, 1.807) is 25.5 Å². The van der Waals surface area contributed by atoms with Gasteiger partial charge >= 0.3 is 0 Å². The quantitative estimate of drug-likeness (QED) is 0.606. The number of hydrogen-bond donors (Lipinski definition) is 2. The molecule has 2 aliphatic rings. The second-order valence-corrected chi connectivity index (χ2v) is 7.61. The lowest BCUT2D eigenvalue weighted by molar-refractivity contribution is -0.999. The molecule has 2 aliphatic heterocycles. The van der Waals surface area contributed by atoms with E-state index in [0.717, 1.165) is 37.5 Å². The first-order valence-corrected chi connectivity index (χ1v) is 10.3. The van der Waals surface area contributed by atoms with Crippen LogP contribution >= 0.6 is 0 Å². The van der Waals surface area contributed by atoms with E-state index in [9.17, 15) is 4.79 Å². The van der Waals surface area contributed by atoms with Gasteiger partial charge in [-0.25, -0.2) is 0 Å². The minimum absolute atomic E-state index is 0.00973. The molecule has 2 saturated heterocycles. The molecule has 2 N–H and O–H groups in total. The van der Waals surface area contributed by atoms with Crippen LogP contribution in [0.4, 0.5) is 0 Å². The van der Waals surface area contributed by atoms with E-state index < -0.39 is 0 Å². The maximum atomic E-state index is 13.7. The molecule has 0 saturated carbocycles.